The highest BCUT2D eigenvalue weighted by molar-refractivity contribution is 14.1. The Bertz CT molecular complexity index is 940. The largest absolute Gasteiger partial charge is 0.338 e. The van der Waals surface area contributed by atoms with Crippen LogP contribution < -0.4 is 27.8 Å². The summed E-state index contributed by atoms with van der Waals surface area (Å²) in [5, 5.41) is 2.63. The number of hydroxylamine groups is 1. The van der Waals surface area contributed by atoms with E-state index in [-0.39, 0.29) is 18.2 Å². The van der Waals surface area contributed by atoms with Crippen LogP contribution in [0.4, 0.5) is 15.9 Å². The molecular formula is C14H15FIN5O4. The Morgan fingerprint density at radius 2 is 2.00 bits per heavy atom. The maximum atomic E-state index is 14.1. The third-order valence-corrected chi connectivity index (χ3v) is 4.00. The molecule has 0 saturated heterocycles. The lowest BCUT2D eigenvalue weighted by molar-refractivity contribution is 0.0336. The van der Waals surface area contributed by atoms with Crippen LogP contribution in [0.25, 0.3) is 0 Å². The van der Waals surface area contributed by atoms with Crippen LogP contribution in [0.1, 0.15) is 10.4 Å². The molecule has 11 heteroatoms. The Kier molecular flexibility index (Phi) is 5.92. The van der Waals surface area contributed by atoms with Crippen molar-refractivity contribution in [1.82, 2.24) is 14.6 Å². The zero-order chi connectivity index (χ0) is 18.7. The smallest absolute Gasteiger partial charge is 0.332 e. The van der Waals surface area contributed by atoms with Gasteiger partial charge in [0.15, 0.2) is 0 Å². The van der Waals surface area contributed by atoms with Crippen molar-refractivity contribution in [2.45, 2.75) is 0 Å². The summed E-state index contributed by atoms with van der Waals surface area (Å²) in [6.45, 7) is -0.313. The third kappa shape index (κ3) is 3.88. The van der Waals surface area contributed by atoms with E-state index in [2.05, 4.69) is 10.2 Å². The lowest BCUT2D eigenvalue weighted by atomic mass is 10.2. The van der Waals surface area contributed by atoms with Gasteiger partial charge in [0.2, 0.25) is 0 Å². The van der Waals surface area contributed by atoms with Gasteiger partial charge >= 0.3 is 5.69 Å². The van der Waals surface area contributed by atoms with Gasteiger partial charge in [0.1, 0.15) is 23.9 Å². The molecule has 134 valence electrons. The van der Waals surface area contributed by atoms with Gasteiger partial charge in [0, 0.05) is 17.7 Å². The molecule has 0 aliphatic carbocycles. The lowest BCUT2D eigenvalue weighted by Gasteiger charge is -2.16. The van der Waals surface area contributed by atoms with Crippen LogP contribution >= 0.6 is 22.6 Å². The lowest BCUT2D eigenvalue weighted by Crippen LogP contribution is -2.43. The number of anilines is 2. The number of aromatic nitrogens is 2. The molecular weight excluding hydrogens is 448 g/mol. The fraction of sp³-hybridized carbons (Fsp3) is 0.214. The Hall–Kier alpha value is -2.25. The van der Waals surface area contributed by atoms with Crippen molar-refractivity contribution in [3.63, 3.8) is 0 Å². The number of amides is 1. The molecule has 0 aliphatic rings. The number of nitrogens with two attached hydrogens (primary N) is 1. The van der Waals surface area contributed by atoms with Crippen LogP contribution in [-0.2, 0) is 18.9 Å². The molecule has 9 nitrogen and oxygen atoms in total. The van der Waals surface area contributed by atoms with E-state index < -0.39 is 28.5 Å². The summed E-state index contributed by atoms with van der Waals surface area (Å²) in [7, 11) is 2.57. The van der Waals surface area contributed by atoms with Gasteiger partial charge in [-0.1, -0.05) is 0 Å². The molecule has 1 aromatic heterocycles. The minimum Gasteiger partial charge on any atom is -0.338 e. The molecule has 2 rings (SSSR count). The van der Waals surface area contributed by atoms with Crippen molar-refractivity contribution in [2.24, 2.45) is 19.8 Å². The number of carbonyl (C=O) groups excluding carboxylic acids is 1. The normalized spacial score (nSPS) is 10.6. The molecule has 0 aliphatic heterocycles. The van der Waals surface area contributed by atoms with Crippen molar-refractivity contribution < 1.29 is 14.0 Å². The van der Waals surface area contributed by atoms with Gasteiger partial charge in [-0.2, -0.15) is 0 Å². The first kappa shape index (κ1) is 19.1. The zero-order valence-corrected chi connectivity index (χ0v) is 15.5. The van der Waals surface area contributed by atoms with E-state index in [1.165, 1.54) is 26.2 Å². The quantitative estimate of drug-likeness (QED) is 0.330. The summed E-state index contributed by atoms with van der Waals surface area (Å²) < 4.78 is 16.5. The molecule has 0 saturated carbocycles. The molecule has 0 fully saturated rings. The van der Waals surface area contributed by atoms with Gasteiger partial charge in [-0.15, -0.1) is 0 Å². The highest BCUT2D eigenvalue weighted by Gasteiger charge is 2.23. The number of benzene rings is 1. The molecule has 4 N–H and O–H groups in total. The Morgan fingerprint density at radius 3 is 2.60 bits per heavy atom. The number of hydrogen-bond acceptors (Lipinski definition) is 6. The van der Waals surface area contributed by atoms with Crippen LogP contribution in [0.15, 0.2) is 27.8 Å². The first-order valence-corrected chi connectivity index (χ1v) is 8.00. The van der Waals surface area contributed by atoms with E-state index in [1.807, 2.05) is 28.1 Å². The first-order chi connectivity index (χ1) is 11.8. The third-order valence-electron chi connectivity index (χ3n) is 3.32. The van der Waals surface area contributed by atoms with E-state index >= 15 is 0 Å². The number of hydrogen-bond donors (Lipinski definition) is 3. The van der Waals surface area contributed by atoms with Crippen molar-refractivity contribution in [1.29, 1.82) is 0 Å². The fourth-order valence-corrected chi connectivity index (χ4v) is 2.53. The van der Waals surface area contributed by atoms with E-state index in [0.717, 1.165) is 9.13 Å². The molecule has 1 aromatic carbocycles. The summed E-state index contributed by atoms with van der Waals surface area (Å²) in [5.41, 5.74) is 5.14. The summed E-state index contributed by atoms with van der Waals surface area (Å²) in [4.78, 5) is 41.3. The van der Waals surface area contributed by atoms with Crippen LogP contribution in [0, 0.1) is 9.39 Å². The number of rotatable bonds is 5. The summed E-state index contributed by atoms with van der Waals surface area (Å²) in [5.74, 6) is -1.70. The second-order valence-corrected chi connectivity index (χ2v) is 6.17. The Labute approximate surface area is 154 Å². The predicted molar refractivity (Wildman–Crippen MR) is 96.9 cm³/mol. The fourth-order valence-electron chi connectivity index (χ4n) is 2.07. The average molecular weight is 463 g/mol. The Morgan fingerprint density at radius 1 is 1.32 bits per heavy atom. The van der Waals surface area contributed by atoms with Gasteiger partial charge in [-0.05, 0) is 40.8 Å². The van der Waals surface area contributed by atoms with Crippen LogP contribution in [-0.4, -0.2) is 21.8 Å². The van der Waals surface area contributed by atoms with Crippen molar-refractivity contribution in [3.8, 4) is 0 Å². The molecule has 2 aromatic rings. The standard InChI is InChI=1S/C14H15FIN5O4/c1-20-11(18-9-4-3-7(16)5-8(9)15)10(12(22)19-25-6-17)13(23)21(2)14(20)24/h3-5,18H,6,17H2,1-2H3,(H,19,22). The molecule has 0 atom stereocenters. The molecule has 0 bridgehead atoms. The van der Waals surface area contributed by atoms with Crippen molar-refractivity contribution in [2.75, 3.05) is 12.0 Å². The SMILES string of the molecule is Cn1c(Nc2ccc(I)cc2F)c(C(=O)NOCN)c(=O)n(C)c1=O. The van der Waals surface area contributed by atoms with Crippen LogP contribution in [0.2, 0.25) is 0 Å². The Balaban J connectivity index is 2.64. The number of carbonyl (C=O) groups is 1. The molecule has 25 heavy (non-hydrogen) atoms. The van der Waals surface area contributed by atoms with Crippen LogP contribution in [0.5, 0.6) is 0 Å². The number of nitrogens with one attached hydrogen (secondary N) is 2. The maximum Gasteiger partial charge on any atom is 0.332 e. The molecule has 1 heterocycles. The summed E-state index contributed by atoms with van der Waals surface area (Å²) in [6, 6.07) is 4.32. The van der Waals surface area contributed by atoms with Gasteiger partial charge in [-0.3, -0.25) is 23.6 Å². The van der Waals surface area contributed by atoms with Gasteiger partial charge in [-0.25, -0.2) is 14.7 Å². The second kappa shape index (κ2) is 7.76. The van der Waals surface area contributed by atoms with Crippen molar-refractivity contribution in [3.05, 3.63) is 54.0 Å². The predicted octanol–water partition coefficient (Wildman–Crippen LogP) is 0.149. The minimum atomic E-state index is -0.921. The maximum absolute atomic E-state index is 14.1. The van der Waals surface area contributed by atoms with Gasteiger partial charge < -0.3 is 11.1 Å². The number of halogens is 2. The number of nitrogens with zero attached hydrogens (tertiary/aromatic N) is 2. The molecule has 0 radical (unpaired) electrons. The average Bonchev–Trinajstić information content (AvgIpc) is 2.57. The first-order valence-electron chi connectivity index (χ1n) is 6.92. The van der Waals surface area contributed by atoms with E-state index in [0.29, 0.717) is 3.57 Å². The summed E-state index contributed by atoms with van der Waals surface area (Å²) in [6.07, 6.45) is 0. The van der Waals surface area contributed by atoms with E-state index in [9.17, 15) is 18.8 Å². The van der Waals surface area contributed by atoms with Crippen LogP contribution in [0.3, 0.4) is 0 Å². The topological polar surface area (TPSA) is 120 Å². The molecule has 0 unspecified atom stereocenters. The minimum absolute atomic E-state index is 0.00235. The van der Waals surface area contributed by atoms with Crippen molar-refractivity contribution >= 4 is 40.0 Å². The molecule has 1 amide bonds. The molecule has 0 spiro atoms. The van der Waals surface area contributed by atoms with Gasteiger partial charge in [0.05, 0.1) is 5.69 Å². The van der Waals surface area contributed by atoms with E-state index in [1.54, 1.807) is 6.07 Å². The second-order valence-electron chi connectivity index (χ2n) is 4.92. The highest BCUT2D eigenvalue weighted by atomic mass is 127. The van der Waals surface area contributed by atoms with E-state index in [4.69, 9.17) is 5.73 Å². The zero-order valence-electron chi connectivity index (χ0n) is 13.3. The summed E-state index contributed by atoms with van der Waals surface area (Å²) >= 11 is 1.94. The highest BCUT2D eigenvalue weighted by Crippen LogP contribution is 2.22. The van der Waals surface area contributed by atoms with Gasteiger partial charge in [0.25, 0.3) is 11.5 Å². The monoisotopic (exact) mass is 463 g/mol.